The summed E-state index contributed by atoms with van der Waals surface area (Å²) in [7, 11) is 0. The maximum Gasteiger partial charge on any atom is 0.275 e. The van der Waals surface area contributed by atoms with E-state index in [0.717, 1.165) is 0 Å². The van der Waals surface area contributed by atoms with E-state index in [9.17, 15) is 9.59 Å². The van der Waals surface area contributed by atoms with Gasteiger partial charge in [-0.2, -0.15) is 0 Å². The molecule has 4 N–H and O–H groups in total. The summed E-state index contributed by atoms with van der Waals surface area (Å²) in [6, 6.07) is 4.64. The molecule has 0 aromatic heterocycles. The number of aryl methyl sites for hydroxylation is 1. The molecule has 1 rings (SSSR count). The van der Waals surface area contributed by atoms with Gasteiger partial charge in [-0.15, -0.1) is 0 Å². The molecule has 1 aromatic rings. The average molecular weight is 224 g/mol. The van der Waals surface area contributed by atoms with Gasteiger partial charge in [0, 0.05) is 0 Å². The van der Waals surface area contributed by atoms with Crippen LogP contribution in [0.1, 0.15) is 33.2 Å². The lowest BCUT2D eigenvalue weighted by Crippen LogP contribution is -2.27. The summed E-state index contributed by atoms with van der Waals surface area (Å²) < 4.78 is 0. The minimum Gasteiger partial charge on any atom is -0.288 e. The van der Waals surface area contributed by atoms with E-state index in [1.54, 1.807) is 12.1 Å². The molecule has 0 radical (unpaired) electrons. The van der Waals surface area contributed by atoms with E-state index in [4.69, 9.17) is 10.4 Å². The molecule has 0 aliphatic carbocycles. The minimum absolute atomic E-state index is 0.00778. The Hall–Kier alpha value is -1.92. The van der Waals surface area contributed by atoms with Gasteiger partial charge in [-0.05, 0) is 18.1 Å². The first-order valence-electron chi connectivity index (χ1n) is 4.66. The maximum absolute atomic E-state index is 11.4. The summed E-state index contributed by atoms with van der Waals surface area (Å²) in [5.41, 5.74) is 3.59. The second-order valence-electron chi connectivity index (χ2n) is 3.08. The second kappa shape index (κ2) is 5.24. The Morgan fingerprint density at radius 3 is 2.31 bits per heavy atom. The SMILES string of the molecule is CCc1cccc(C(=O)NO)c1C(=O)NO. The van der Waals surface area contributed by atoms with Crippen LogP contribution in [0.5, 0.6) is 0 Å². The van der Waals surface area contributed by atoms with Gasteiger partial charge >= 0.3 is 0 Å². The van der Waals surface area contributed by atoms with Gasteiger partial charge in [0.2, 0.25) is 0 Å². The Balaban J connectivity index is 3.37. The Morgan fingerprint density at radius 2 is 1.81 bits per heavy atom. The number of hydrogen-bond donors (Lipinski definition) is 4. The molecule has 0 fully saturated rings. The lowest BCUT2D eigenvalue weighted by atomic mass is 9.98. The quantitative estimate of drug-likeness (QED) is 0.443. The van der Waals surface area contributed by atoms with E-state index >= 15 is 0 Å². The molecule has 0 aliphatic rings. The van der Waals surface area contributed by atoms with Crippen molar-refractivity contribution in [2.75, 3.05) is 0 Å². The molecule has 6 nitrogen and oxygen atoms in total. The third kappa shape index (κ3) is 2.18. The van der Waals surface area contributed by atoms with Crippen LogP contribution in [0.15, 0.2) is 18.2 Å². The van der Waals surface area contributed by atoms with Gasteiger partial charge in [0.05, 0.1) is 11.1 Å². The first-order valence-corrected chi connectivity index (χ1v) is 4.66. The average Bonchev–Trinajstić information content (AvgIpc) is 2.35. The topological polar surface area (TPSA) is 98.7 Å². The Labute approximate surface area is 91.8 Å². The monoisotopic (exact) mass is 224 g/mol. The van der Waals surface area contributed by atoms with Crippen LogP contribution < -0.4 is 11.0 Å². The van der Waals surface area contributed by atoms with Crippen molar-refractivity contribution in [3.05, 3.63) is 34.9 Å². The van der Waals surface area contributed by atoms with Crippen molar-refractivity contribution in [2.24, 2.45) is 0 Å². The van der Waals surface area contributed by atoms with E-state index < -0.39 is 11.8 Å². The number of rotatable bonds is 3. The molecule has 0 saturated heterocycles. The molecule has 16 heavy (non-hydrogen) atoms. The number of amides is 2. The highest BCUT2D eigenvalue weighted by Crippen LogP contribution is 2.15. The lowest BCUT2D eigenvalue weighted by molar-refractivity contribution is 0.0671. The van der Waals surface area contributed by atoms with Gasteiger partial charge < -0.3 is 0 Å². The van der Waals surface area contributed by atoms with Crippen molar-refractivity contribution >= 4 is 11.8 Å². The Morgan fingerprint density at radius 1 is 1.19 bits per heavy atom. The first kappa shape index (κ1) is 12.2. The molecule has 0 unspecified atom stereocenters. The molecule has 6 heteroatoms. The van der Waals surface area contributed by atoms with Gasteiger partial charge in [-0.3, -0.25) is 20.0 Å². The Bertz CT molecular complexity index is 417. The standard InChI is InChI=1S/C10H12N2O4/c1-2-6-4-3-5-7(9(13)11-15)8(6)10(14)12-16/h3-5,15-16H,2H2,1H3,(H,11,13)(H,12,14). The summed E-state index contributed by atoms with van der Waals surface area (Å²) in [6.07, 6.45) is 0.523. The summed E-state index contributed by atoms with van der Waals surface area (Å²) in [5.74, 6) is -1.58. The molecule has 0 heterocycles. The number of carbonyl (C=O) groups excluding carboxylic acids is 2. The zero-order chi connectivity index (χ0) is 12.1. The fourth-order valence-corrected chi connectivity index (χ4v) is 1.47. The van der Waals surface area contributed by atoms with Crippen molar-refractivity contribution in [1.29, 1.82) is 0 Å². The number of hydroxylamine groups is 2. The summed E-state index contributed by atoms with van der Waals surface area (Å²) in [6.45, 7) is 1.81. The molecular weight excluding hydrogens is 212 g/mol. The third-order valence-corrected chi connectivity index (χ3v) is 2.21. The van der Waals surface area contributed by atoms with E-state index in [1.165, 1.54) is 17.0 Å². The van der Waals surface area contributed by atoms with E-state index in [2.05, 4.69) is 0 Å². The number of nitrogens with one attached hydrogen (secondary N) is 2. The van der Waals surface area contributed by atoms with Gasteiger partial charge in [0.1, 0.15) is 0 Å². The molecular formula is C10H12N2O4. The number of hydrogen-bond acceptors (Lipinski definition) is 4. The highest BCUT2D eigenvalue weighted by atomic mass is 16.5. The lowest BCUT2D eigenvalue weighted by Gasteiger charge is -2.10. The van der Waals surface area contributed by atoms with Crippen LogP contribution in [0.2, 0.25) is 0 Å². The van der Waals surface area contributed by atoms with Crippen LogP contribution >= 0.6 is 0 Å². The first-order chi connectivity index (χ1) is 7.65. The normalized spacial score (nSPS) is 9.69. The zero-order valence-electron chi connectivity index (χ0n) is 8.65. The van der Waals surface area contributed by atoms with Crippen LogP contribution in [-0.4, -0.2) is 22.2 Å². The van der Waals surface area contributed by atoms with E-state index in [-0.39, 0.29) is 11.1 Å². The molecule has 1 aromatic carbocycles. The highest BCUT2D eigenvalue weighted by Gasteiger charge is 2.19. The smallest absolute Gasteiger partial charge is 0.275 e. The predicted octanol–water partition coefficient (Wildman–Crippen LogP) is 0.487. The summed E-state index contributed by atoms with van der Waals surface area (Å²) >= 11 is 0. The summed E-state index contributed by atoms with van der Waals surface area (Å²) in [4.78, 5) is 22.7. The molecule has 2 amide bonds. The summed E-state index contributed by atoms with van der Waals surface area (Å²) in [5, 5.41) is 17.1. The van der Waals surface area contributed by atoms with Gasteiger partial charge in [0.15, 0.2) is 0 Å². The molecule has 86 valence electrons. The van der Waals surface area contributed by atoms with Crippen LogP contribution in [0.3, 0.4) is 0 Å². The van der Waals surface area contributed by atoms with E-state index in [1.807, 2.05) is 6.92 Å². The largest absolute Gasteiger partial charge is 0.288 e. The van der Waals surface area contributed by atoms with Crippen molar-refractivity contribution < 1.29 is 20.0 Å². The second-order valence-corrected chi connectivity index (χ2v) is 3.08. The predicted molar refractivity (Wildman–Crippen MR) is 54.3 cm³/mol. The van der Waals surface area contributed by atoms with Gasteiger partial charge in [-0.25, -0.2) is 11.0 Å². The Kier molecular flexibility index (Phi) is 3.98. The van der Waals surface area contributed by atoms with Crippen molar-refractivity contribution in [1.82, 2.24) is 11.0 Å². The number of carbonyl (C=O) groups is 2. The van der Waals surface area contributed by atoms with Crippen molar-refractivity contribution in [3.8, 4) is 0 Å². The van der Waals surface area contributed by atoms with Crippen LogP contribution in [0.4, 0.5) is 0 Å². The van der Waals surface area contributed by atoms with Crippen LogP contribution in [-0.2, 0) is 6.42 Å². The molecule has 0 bridgehead atoms. The number of benzene rings is 1. The van der Waals surface area contributed by atoms with Crippen molar-refractivity contribution in [2.45, 2.75) is 13.3 Å². The fourth-order valence-electron chi connectivity index (χ4n) is 1.47. The van der Waals surface area contributed by atoms with Gasteiger partial charge in [0.25, 0.3) is 11.8 Å². The third-order valence-electron chi connectivity index (χ3n) is 2.21. The fraction of sp³-hybridized carbons (Fsp3) is 0.200. The van der Waals surface area contributed by atoms with Crippen LogP contribution in [0.25, 0.3) is 0 Å². The maximum atomic E-state index is 11.4. The molecule has 0 atom stereocenters. The zero-order valence-corrected chi connectivity index (χ0v) is 8.65. The van der Waals surface area contributed by atoms with Crippen molar-refractivity contribution in [3.63, 3.8) is 0 Å². The highest BCUT2D eigenvalue weighted by molar-refractivity contribution is 6.07. The minimum atomic E-state index is -0.797. The van der Waals surface area contributed by atoms with E-state index in [0.29, 0.717) is 12.0 Å². The molecule has 0 aliphatic heterocycles. The van der Waals surface area contributed by atoms with Gasteiger partial charge in [-0.1, -0.05) is 19.1 Å². The van der Waals surface area contributed by atoms with Crippen LogP contribution in [0, 0.1) is 0 Å². The molecule has 0 saturated carbocycles. The molecule has 0 spiro atoms.